The SMILES string of the molecule is CCOC(=O)c1c(NC(=O)CCc2ccccc2)sc(C)c1C. The first kappa shape index (κ1) is 17.2. The molecular weight excluding hydrogens is 310 g/mol. The van der Waals surface area contributed by atoms with Gasteiger partial charge in [0.2, 0.25) is 5.91 Å². The average molecular weight is 331 g/mol. The molecule has 1 N–H and O–H groups in total. The minimum Gasteiger partial charge on any atom is -0.462 e. The molecule has 5 heteroatoms. The molecule has 23 heavy (non-hydrogen) atoms. The largest absolute Gasteiger partial charge is 0.462 e. The van der Waals surface area contributed by atoms with Crippen molar-refractivity contribution < 1.29 is 14.3 Å². The van der Waals surface area contributed by atoms with Gasteiger partial charge < -0.3 is 10.1 Å². The molecule has 0 aliphatic heterocycles. The van der Waals surface area contributed by atoms with E-state index in [1.807, 2.05) is 44.2 Å². The Bertz CT molecular complexity index is 692. The monoisotopic (exact) mass is 331 g/mol. The highest BCUT2D eigenvalue weighted by Gasteiger charge is 2.21. The van der Waals surface area contributed by atoms with Crippen molar-refractivity contribution in [2.75, 3.05) is 11.9 Å². The lowest BCUT2D eigenvalue weighted by atomic mass is 10.1. The average Bonchev–Trinajstić information content (AvgIpc) is 2.81. The van der Waals surface area contributed by atoms with Gasteiger partial charge in [-0.05, 0) is 38.3 Å². The van der Waals surface area contributed by atoms with Crippen LogP contribution in [-0.4, -0.2) is 18.5 Å². The molecule has 0 atom stereocenters. The Morgan fingerprint density at radius 3 is 2.52 bits per heavy atom. The smallest absolute Gasteiger partial charge is 0.341 e. The fraction of sp³-hybridized carbons (Fsp3) is 0.333. The van der Waals surface area contributed by atoms with Gasteiger partial charge in [0.15, 0.2) is 0 Å². The van der Waals surface area contributed by atoms with E-state index in [-0.39, 0.29) is 11.9 Å². The Labute approximate surface area is 140 Å². The third kappa shape index (κ3) is 4.42. The molecular formula is C18H21NO3S. The van der Waals surface area contributed by atoms with E-state index in [0.717, 1.165) is 16.0 Å². The molecule has 2 aromatic rings. The topological polar surface area (TPSA) is 55.4 Å². The summed E-state index contributed by atoms with van der Waals surface area (Å²) in [6, 6.07) is 9.86. The highest BCUT2D eigenvalue weighted by atomic mass is 32.1. The summed E-state index contributed by atoms with van der Waals surface area (Å²) in [5.74, 6) is -0.478. The molecule has 0 saturated heterocycles. The predicted molar refractivity (Wildman–Crippen MR) is 93.1 cm³/mol. The lowest BCUT2D eigenvalue weighted by Crippen LogP contribution is -2.15. The molecule has 1 amide bonds. The van der Waals surface area contributed by atoms with Gasteiger partial charge in [-0.1, -0.05) is 30.3 Å². The summed E-state index contributed by atoms with van der Waals surface area (Å²) in [6.07, 6.45) is 1.05. The number of thiophene rings is 1. The fourth-order valence-corrected chi connectivity index (χ4v) is 3.32. The summed E-state index contributed by atoms with van der Waals surface area (Å²) < 4.78 is 5.09. The van der Waals surface area contributed by atoms with E-state index in [4.69, 9.17) is 4.74 Å². The van der Waals surface area contributed by atoms with Crippen molar-refractivity contribution in [1.82, 2.24) is 0 Å². The van der Waals surface area contributed by atoms with Crippen LogP contribution in [0.1, 0.15) is 39.7 Å². The summed E-state index contributed by atoms with van der Waals surface area (Å²) in [5, 5.41) is 3.44. The van der Waals surface area contributed by atoms with Crippen LogP contribution in [-0.2, 0) is 16.0 Å². The number of esters is 1. The molecule has 4 nitrogen and oxygen atoms in total. The van der Waals surface area contributed by atoms with Gasteiger partial charge in [0, 0.05) is 11.3 Å². The van der Waals surface area contributed by atoms with Gasteiger partial charge in [-0.25, -0.2) is 4.79 Å². The standard InChI is InChI=1S/C18H21NO3S/c1-4-22-18(21)16-12(2)13(3)23-17(16)19-15(20)11-10-14-8-6-5-7-9-14/h5-9H,4,10-11H2,1-3H3,(H,19,20). The summed E-state index contributed by atoms with van der Waals surface area (Å²) in [5.41, 5.74) is 2.46. The number of hydrogen-bond acceptors (Lipinski definition) is 4. The van der Waals surface area contributed by atoms with Crippen LogP contribution >= 0.6 is 11.3 Å². The van der Waals surface area contributed by atoms with Crippen molar-refractivity contribution in [3.05, 3.63) is 51.9 Å². The molecule has 0 aliphatic carbocycles. The van der Waals surface area contributed by atoms with E-state index in [0.29, 0.717) is 30.0 Å². The number of carbonyl (C=O) groups excluding carboxylic acids is 2. The van der Waals surface area contributed by atoms with Gasteiger partial charge in [-0.2, -0.15) is 0 Å². The number of hydrogen-bond donors (Lipinski definition) is 1. The number of nitrogens with one attached hydrogen (secondary N) is 1. The first-order valence-corrected chi connectivity index (χ1v) is 8.45. The van der Waals surface area contributed by atoms with Crippen molar-refractivity contribution in [3.8, 4) is 0 Å². The van der Waals surface area contributed by atoms with E-state index in [9.17, 15) is 9.59 Å². The number of amides is 1. The molecule has 0 aliphatic rings. The quantitative estimate of drug-likeness (QED) is 0.810. The molecule has 0 spiro atoms. The van der Waals surface area contributed by atoms with Crippen molar-refractivity contribution in [1.29, 1.82) is 0 Å². The van der Waals surface area contributed by atoms with E-state index < -0.39 is 0 Å². The Hall–Kier alpha value is -2.14. The fourth-order valence-electron chi connectivity index (χ4n) is 2.26. The maximum Gasteiger partial charge on any atom is 0.341 e. The molecule has 0 unspecified atom stereocenters. The second-order valence-electron chi connectivity index (χ2n) is 5.24. The zero-order chi connectivity index (χ0) is 16.8. The zero-order valence-corrected chi connectivity index (χ0v) is 14.5. The molecule has 122 valence electrons. The van der Waals surface area contributed by atoms with E-state index in [1.165, 1.54) is 11.3 Å². The molecule has 1 aromatic heterocycles. The summed E-state index contributed by atoms with van der Waals surface area (Å²) >= 11 is 1.41. The molecule has 1 aromatic carbocycles. The lowest BCUT2D eigenvalue weighted by Gasteiger charge is -2.07. The van der Waals surface area contributed by atoms with E-state index in [1.54, 1.807) is 6.92 Å². The van der Waals surface area contributed by atoms with Gasteiger partial charge in [-0.3, -0.25) is 4.79 Å². The van der Waals surface area contributed by atoms with Crippen molar-refractivity contribution >= 4 is 28.2 Å². The first-order chi connectivity index (χ1) is 11.0. The predicted octanol–water partition coefficient (Wildman–Crippen LogP) is 4.11. The van der Waals surface area contributed by atoms with Crippen molar-refractivity contribution in [2.45, 2.75) is 33.6 Å². The van der Waals surface area contributed by atoms with Gasteiger partial charge in [0.05, 0.1) is 12.2 Å². The second kappa shape index (κ2) is 7.92. The van der Waals surface area contributed by atoms with Crippen LogP contribution < -0.4 is 5.32 Å². The lowest BCUT2D eigenvalue weighted by molar-refractivity contribution is -0.116. The van der Waals surface area contributed by atoms with Crippen LogP contribution in [0.3, 0.4) is 0 Å². The minimum absolute atomic E-state index is 0.0966. The van der Waals surface area contributed by atoms with E-state index in [2.05, 4.69) is 5.32 Å². The van der Waals surface area contributed by atoms with Crippen molar-refractivity contribution in [2.24, 2.45) is 0 Å². The molecule has 1 heterocycles. The van der Waals surface area contributed by atoms with Crippen LogP contribution in [0.25, 0.3) is 0 Å². The minimum atomic E-state index is -0.382. The van der Waals surface area contributed by atoms with Crippen LogP contribution in [0, 0.1) is 13.8 Å². The molecule has 2 rings (SSSR count). The zero-order valence-electron chi connectivity index (χ0n) is 13.6. The van der Waals surface area contributed by atoms with Crippen LogP contribution in [0.4, 0.5) is 5.00 Å². The van der Waals surface area contributed by atoms with Gasteiger partial charge in [0.25, 0.3) is 0 Å². The molecule has 0 fully saturated rings. The summed E-state index contributed by atoms with van der Waals surface area (Å²) in [7, 11) is 0. The molecule has 0 bridgehead atoms. The Balaban J connectivity index is 2.06. The second-order valence-corrected chi connectivity index (χ2v) is 6.47. The Morgan fingerprint density at radius 1 is 1.17 bits per heavy atom. The van der Waals surface area contributed by atoms with Gasteiger partial charge in [0.1, 0.15) is 5.00 Å². The number of anilines is 1. The number of benzene rings is 1. The number of carbonyl (C=O) groups is 2. The first-order valence-electron chi connectivity index (χ1n) is 7.63. The normalized spacial score (nSPS) is 10.4. The highest BCUT2D eigenvalue weighted by Crippen LogP contribution is 2.33. The maximum atomic E-state index is 12.2. The van der Waals surface area contributed by atoms with Crippen LogP contribution in [0.15, 0.2) is 30.3 Å². The van der Waals surface area contributed by atoms with E-state index >= 15 is 0 Å². The summed E-state index contributed by atoms with van der Waals surface area (Å²) in [4.78, 5) is 25.3. The maximum absolute atomic E-state index is 12.2. The van der Waals surface area contributed by atoms with Crippen molar-refractivity contribution in [3.63, 3.8) is 0 Å². The van der Waals surface area contributed by atoms with Crippen LogP contribution in [0.5, 0.6) is 0 Å². The molecule has 0 saturated carbocycles. The third-order valence-corrected chi connectivity index (χ3v) is 4.72. The third-order valence-electron chi connectivity index (χ3n) is 3.60. The number of rotatable bonds is 6. The number of aryl methyl sites for hydroxylation is 2. The Kier molecular flexibility index (Phi) is 5.93. The Morgan fingerprint density at radius 2 is 1.87 bits per heavy atom. The molecule has 0 radical (unpaired) electrons. The van der Waals surface area contributed by atoms with Crippen LogP contribution in [0.2, 0.25) is 0 Å². The number of ether oxygens (including phenoxy) is 1. The highest BCUT2D eigenvalue weighted by molar-refractivity contribution is 7.16. The summed E-state index contributed by atoms with van der Waals surface area (Å²) in [6.45, 7) is 5.89. The van der Waals surface area contributed by atoms with Gasteiger partial charge >= 0.3 is 5.97 Å². The van der Waals surface area contributed by atoms with Gasteiger partial charge in [-0.15, -0.1) is 11.3 Å².